The van der Waals surface area contributed by atoms with E-state index in [9.17, 15) is 8.78 Å². The molecule has 0 rings (SSSR count). The van der Waals surface area contributed by atoms with Crippen molar-refractivity contribution in [3.63, 3.8) is 0 Å². The molecule has 0 saturated carbocycles. The Morgan fingerprint density at radius 1 is 1.57 bits per heavy atom. The van der Waals surface area contributed by atoms with Crippen LogP contribution in [0.5, 0.6) is 0 Å². The number of nitrogens with zero attached hydrogens (tertiary/aromatic N) is 1. The van der Waals surface area contributed by atoms with Crippen molar-refractivity contribution in [2.45, 2.75) is 6.92 Å². The van der Waals surface area contributed by atoms with Crippen LogP contribution in [0, 0.1) is 11.3 Å². The lowest BCUT2D eigenvalue weighted by atomic mass is 10.4. The number of rotatable bonds is 0. The standard InChI is InChI=1S/C4H3F2N/c1-3(2-7)4(5)6/h1H3. The number of allylic oxidation sites excluding steroid dienone is 1. The quantitative estimate of drug-likeness (QED) is 0.428. The van der Waals surface area contributed by atoms with Gasteiger partial charge in [-0.2, -0.15) is 14.0 Å². The lowest BCUT2D eigenvalue weighted by Gasteiger charge is -1.75. The van der Waals surface area contributed by atoms with E-state index in [1.54, 1.807) is 0 Å². The number of halogens is 2. The summed E-state index contributed by atoms with van der Waals surface area (Å²) in [5.41, 5.74) is -0.514. The minimum atomic E-state index is -1.90. The molecule has 0 aliphatic heterocycles. The van der Waals surface area contributed by atoms with E-state index in [1.807, 2.05) is 0 Å². The van der Waals surface area contributed by atoms with Gasteiger partial charge in [0.2, 0.25) is 0 Å². The molecule has 1 nitrogen and oxygen atoms in total. The summed E-state index contributed by atoms with van der Waals surface area (Å²) in [5.74, 6) is 0. The molecule has 0 aliphatic carbocycles. The van der Waals surface area contributed by atoms with E-state index in [0.717, 1.165) is 6.92 Å². The van der Waals surface area contributed by atoms with Crippen LogP contribution < -0.4 is 0 Å². The molecule has 0 amide bonds. The van der Waals surface area contributed by atoms with E-state index in [4.69, 9.17) is 5.26 Å². The summed E-state index contributed by atoms with van der Waals surface area (Å²) in [6.07, 6.45) is -1.90. The fraction of sp³-hybridized carbons (Fsp3) is 0.250. The second-order valence-corrected chi connectivity index (χ2v) is 0.997. The monoisotopic (exact) mass is 103 g/mol. The van der Waals surface area contributed by atoms with Gasteiger partial charge in [0.15, 0.2) is 0 Å². The molecule has 0 aromatic heterocycles. The minimum absolute atomic E-state index is 0.514. The van der Waals surface area contributed by atoms with Gasteiger partial charge in [-0.25, -0.2) is 0 Å². The molecule has 3 heteroatoms. The van der Waals surface area contributed by atoms with Gasteiger partial charge in [-0.3, -0.25) is 0 Å². The van der Waals surface area contributed by atoms with E-state index >= 15 is 0 Å². The first-order chi connectivity index (χ1) is 3.18. The summed E-state index contributed by atoms with van der Waals surface area (Å²) in [4.78, 5) is 0. The minimum Gasteiger partial charge on any atom is -0.193 e. The maximum Gasteiger partial charge on any atom is 0.283 e. The third kappa shape index (κ3) is 1.88. The molecular weight excluding hydrogens is 100 g/mol. The third-order valence-corrected chi connectivity index (χ3v) is 0.451. The second-order valence-electron chi connectivity index (χ2n) is 0.997. The predicted molar refractivity (Wildman–Crippen MR) is 20.5 cm³/mol. The molecule has 7 heavy (non-hydrogen) atoms. The topological polar surface area (TPSA) is 23.8 Å². The van der Waals surface area contributed by atoms with E-state index in [2.05, 4.69) is 0 Å². The van der Waals surface area contributed by atoms with Gasteiger partial charge in [0, 0.05) is 0 Å². The Labute approximate surface area is 39.9 Å². The Hall–Kier alpha value is -0.910. The van der Waals surface area contributed by atoms with E-state index < -0.39 is 11.7 Å². The van der Waals surface area contributed by atoms with Gasteiger partial charge >= 0.3 is 0 Å². The lowest BCUT2D eigenvalue weighted by molar-refractivity contribution is 0.415. The van der Waals surface area contributed by atoms with Crippen molar-refractivity contribution in [3.8, 4) is 6.07 Å². The van der Waals surface area contributed by atoms with E-state index in [-0.39, 0.29) is 0 Å². The predicted octanol–water partition coefficient (Wildman–Crippen LogP) is 1.68. The molecule has 38 valence electrons. The zero-order valence-electron chi connectivity index (χ0n) is 3.70. The van der Waals surface area contributed by atoms with Gasteiger partial charge in [0.1, 0.15) is 0 Å². The summed E-state index contributed by atoms with van der Waals surface area (Å²) in [5, 5.41) is 7.72. The molecule has 0 radical (unpaired) electrons. The van der Waals surface area contributed by atoms with E-state index in [1.165, 1.54) is 6.07 Å². The molecule has 0 heterocycles. The van der Waals surface area contributed by atoms with Gasteiger partial charge in [0.25, 0.3) is 6.08 Å². The normalized spacial score (nSPS) is 7.14. The third-order valence-electron chi connectivity index (χ3n) is 0.451. The Bertz CT molecular complexity index is 127. The van der Waals surface area contributed by atoms with E-state index in [0.29, 0.717) is 0 Å². The summed E-state index contributed by atoms with van der Waals surface area (Å²) in [6.45, 7) is 1.06. The molecule has 0 aromatic carbocycles. The molecule has 0 bridgehead atoms. The molecule has 0 atom stereocenters. The highest BCUT2D eigenvalue weighted by molar-refractivity contribution is 5.17. The first-order valence-corrected chi connectivity index (χ1v) is 1.60. The SMILES string of the molecule is CC(C#N)=C(F)F. The highest BCUT2D eigenvalue weighted by atomic mass is 19.3. The summed E-state index contributed by atoms with van der Waals surface area (Å²) < 4.78 is 22.2. The van der Waals surface area contributed by atoms with Crippen molar-refractivity contribution in [3.05, 3.63) is 11.7 Å². The summed E-state index contributed by atoms with van der Waals surface area (Å²) >= 11 is 0. The number of nitriles is 1. The van der Waals surface area contributed by atoms with Crippen molar-refractivity contribution in [1.29, 1.82) is 5.26 Å². The maximum atomic E-state index is 11.1. The molecule has 0 unspecified atom stereocenters. The molecule has 0 saturated heterocycles. The number of hydrogen-bond donors (Lipinski definition) is 0. The van der Waals surface area contributed by atoms with Crippen LogP contribution in [-0.4, -0.2) is 0 Å². The molecule has 0 aliphatic rings. The first-order valence-electron chi connectivity index (χ1n) is 1.60. The van der Waals surface area contributed by atoms with Crippen molar-refractivity contribution in [2.75, 3.05) is 0 Å². The molecule has 0 fully saturated rings. The molecule has 0 aromatic rings. The zero-order chi connectivity index (χ0) is 5.86. The van der Waals surface area contributed by atoms with Gasteiger partial charge in [-0.15, -0.1) is 0 Å². The van der Waals surface area contributed by atoms with Crippen LogP contribution in [0.4, 0.5) is 8.78 Å². The van der Waals surface area contributed by atoms with Crippen LogP contribution in [0.2, 0.25) is 0 Å². The first kappa shape index (κ1) is 6.09. The second kappa shape index (κ2) is 2.30. The van der Waals surface area contributed by atoms with Gasteiger partial charge in [-0.05, 0) is 6.92 Å². The zero-order valence-corrected chi connectivity index (χ0v) is 3.70. The van der Waals surface area contributed by atoms with Crippen LogP contribution in [-0.2, 0) is 0 Å². The molecular formula is C4H3F2N. The summed E-state index contributed by atoms with van der Waals surface area (Å²) in [6, 6.07) is 1.29. The fourth-order valence-electron chi connectivity index (χ4n) is 0.0423. The number of hydrogen-bond acceptors (Lipinski definition) is 1. The van der Waals surface area contributed by atoms with Crippen molar-refractivity contribution in [2.24, 2.45) is 0 Å². The Morgan fingerprint density at radius 2 is 2.00 bits per heavy atom. The van der Waals surface area contributed by atoms with Crippen LogP contribution in [0.3, 0.4) is 0 Å². The Balaban J connectivity index is 4.07. The smallest absolute Gasteiger partial charge is 0.193 e. The maximum absolute atomic E-state index is 11.1. The van der Waals surface area contributed by atoms with Crippen LogP contribution in [0.1, 0.15) is 6.92 Å². The van der Waals surface area contributed by atoms with Crippen molar-refractivity contribution < 1.29 is 8.78 Å². The van der Waals surface area contributed by atoms with Crippen LogP contribution in [0.15, 0.2) is 11.7 Å². The van der Waals surface area contributed by atoms with Crippen molar-refractivity contribution in [1.82, 2.24) is 0 Å². The largest absolute Gasteiger partial charge is 0.283 e. The highest BCUT2D eigenvalue weighted by Gasteiger charge is 1.93. The van der Waals surface area contributed by atoms with Crippen molar-refractivity contribution >= 4 is 0 Å². The van der Waals surface area contributed by atoms with Crippen LogP contribution in [0.25, 0.3) is 0 Å². The van der Waals surface area contributed by atoms with Gasteiger partial charge in [-0.1, -0.05) is 0 Å². The average molecular weight is 103 g/mol. The lowest BCUT2D eigenvalue weighted by Crippen LogP contribution is -1.66. The van der Waals surface area contributed by atoms with Gasteiger partial charge < -0.3 is 0 Å². The van der Waals surface area contributed by atoms with Crippen LogP contribution >= 0.6 is 0 Å². The van der Waals surface area contributed by atoms with Gasteiger partial charge in [0.05, 0.1) is 11.6 Å². The Kier molecular flexibility index (Phi) is 2.00. The Morgan fingerprint density at radius 3 is 2.00 bits per heavy atom. The molecule has 0 spiro atoms. The summed E-state index contributed by atoms with van der Waals surface area (Å²) in [7, 11) is 0. The average Bonchev–Trinajstić information content (AvgIpc) is 1.65. The molecule has 0 N–H and O–H groups in total. The fourth-order valence-corrected chi connectivity index (χ4v) is 0.0423. The highest BCUT2D eigenvalue weighted by Crippen LogP contribution is 2.03.